The maximum absolute atomic E-state index is 11.7. The minimum atomic E-state index is -0.557. The fourth-order valence-corrected chi connectivity index (χ4v) is 3.59. The molecule has 1 aliphatic carbocycles. The monoisotopic (exact) mass is 389 g/mol. The van der Waals surface area contributed by atoms with Crippen LogP contribution in [0, 0.1) is 11.8 Å². The van der Waals surface area contributed by atoms with Gasteiger partial charge < -0.3 is 19.9 Å². The van der Waals surface area contributed by atoms with E-state index in [-0.39, 0.29) is 29.8 Å². The zero-order valence-electron chi connectivity index (χ0n) is 15.8. The quantitative estimate of drug-likeness (QED) is 0.245. The lowest BCUT2D eigenvalue weighted by molar-refractivity contribution is -0.140. The minimum Gasteiger partial charge on any atom is -0.469 e. The second-order valence-corrected chi connectivity index (χ2v) is 7.26. The fraction of sp³-hybridized carbons (Fsp3) is 0.789. The zero-order chi connectivity index (χ0) is 19.4. The highest BCUT2D eigenvalue weighted by molar-refractivity contribution is 6.21. The smallest absolute Gasteiger partial charge is 0.407 e. The largest absolute Gasteiger partial charge is 0.469 e. The molecule has 150 valence electrons. The molecular formula is C19H32ClNO5. The molecule has 0 bridgehead atoms. The Bertz CT molecular complexity index is 457. The number of carbonyl (C=O) groups excluding carboxylic acids is 2. The number of alkyl carbamates (subject to hydrolysis) is 1. The van der Waals surface area contributed by atoms with Crippen LogP contribution in [0.1, 0.15) is 51.9 Å². The molecule has 1 fully saturated rings. The number of alkyl halides is 1. The number of aliphatic hydroxyl groups is 1. The Kier molecular flexibility index (Phi) is 11.4. The van der Waals surface area contributed by atoms with Gasteiger partial charge in [-0.15, -0.1) is 11.6 Å². The Morgan fingerprint density at radius 1 is 1.27 bits per heavy atom. The number of methoxy groups -OCH3 is 1. The van der Waals surface area contributed by atoms with Crippen molar-refractivity contribution in [2.24, 2.45) is 11.8 Å². The number of allylic oxidation sites excluding steroid dienone is 2. The van der Waals surface area contributed by atoms with Crippen LogP contribution in [0.25, 0.3) is 0 Å². The molecule has 7 heteroatoms. The third kappa shape index (κ3) is 8.41. The molecule has 26 heavy (non-hydrogen) atoms. The Morgan fingerprint density at radius 3 is 2.73 bits per heavy atom. The van der Waals surface area contributed by atoms with Crippen LogP contribution in [0.3, 0.4) is 0 Å². The predicted molar refractivity (Wildman–Crippen MR) is 101 cm³/mol. The number of carbonyl (C=O) groups is 2. The van der Waals surface area contributed by atoms with Gasteiger partial charge in [0.05, 0.1) is 19.8 Å². The second-order valence-electron chi connectivity index (χ2n) is 6.70. The molecule has 1 saturated carbocycles. The number of amides is 1. The average Bonchev–Trinajstić information content (AvgIpc) is 2.89. The summed E-state index contributed by atoms with van der Waals surface area (Å²) in [7, 11) is 1.39. The van der Waals surface area contributed by atoms with Crippen LogP contribution >= 0.6 is 11.6 Å². The van der Waals surface area contributed by atoms with E-state index in [4.69, 9.17) is 16.3 Å². The average molecular weight is 390 g/mol. The first-order valence-electron chi connectivity index (χ1n) is 9.44. The Balaban J connectivity index is 2.36. The van der Waals surface area contributed by atoms with E-state index in [1.807, 2.05) is 12.2 Å². The normalized spacial score (nSPS) is 25.4. The van der Waals surface area contributed by atoms with E-state index in [0.29, 0.717) is 19.4 Å². The van der Waals surface area contributed by atoms with Gasteiger partial charge in [0.15, 0.2) is 0 Å². The number of ether oxygens (including phenoxy) is 2. The van der Waals surface area contributed by atoms with Crippen LogP contribution in [-0.4, -0.2) is 48.9 Å². The Morgan fingerprint density at radius 2 is 2.04 bits per heavy atom. The number of halogens is 1. The van der Waals surface area contributed by atoms with Crippen molar-refractivity contribution in [1.82, 2.24) is 5.32 Å². The van der Waals surface area contributed by atoms with Crippen molar-refractivity contribution in [1.29, 1.82) is 0 Å². The van der Waals surface area contributed by atoms with E-state index < -0.39 is 12.2 Å². The molecule has 0 aromatic heterocycles. The predicted octanol–water partition coefficient (Wildman–Crippen LogP) is 3.41. The molecule has 0 unspecified atom stereocenters. The van der Waals surface area contributed by atoms with Crippen LogP contribution in [-0.2, 0) is 14.3 Å². The molecule has 0 heterocycles. The summed E-state index contributed by atoms with van der Waals surface area (Å²) in [6.07, 6.45) is 8.13. The highest BCUT2D eigenvalue weighted by Crippen LogP contribution is 2.38. The maximum atomic E-state index is 11.7. The number of esters is 1. The molecule has 2 N–H and O–H groups in total. The Hall–Kier alpha value is -1.27. The summed E-state index contributed by atoms with van der Waals surface area (Å²) in [4.78, 5) is 22.7. The molecule has 0 spiro atoms. The van der Waals surface area contributed by atoms with Gasteiger partial charge in [-0.3, -0.25) is 4.79 Å². The van der Waals surface area contributed by atoms with Gasteiger partial charge in [0, 0.05) is 24.3 Å². The number of hydrogen-bond acceptors (Lipinski definition) is 5. The summed E-state index contributed by atoms with van der Waals surface area (Å²) in [5.74, 6) is -0.298. The molecule has 4 atom stereocenters. The summed E-state index contributed by atoms with van der Waals surface area (Å²) in [6.45, 7) is 2.82. The molecule has 0 radical (unpaired) electrons. The molecule has 1 amide bonds. The summed E-state index contributed by atoms with van der Waals surface area (Å²) < 4.78 is 9.86. The number of aliphatic hydroxyl groups excluding tert-OH is 1. The molecule has 0 aromatic rings. The minimum absolute atomic E-state index is 0.0620. The molecule has 0 aliphatic heterocycles. The lowest BCUT2D eigenvalue weighted by Crippen LogP contribution is -2.31. The van der Waals surface area contributed by atoms with Gasteiger partial charge in [-0.05, 0) is 38.0 Å². The third-order valence-corrected chi connectivity index (χ3v) is 5.24. The first kappa shape index (κ1) is 22.8. The van der Waals surface area contributed by atoms with Crippen molar-refractivity contribution < 1.29 is 24.2 Å². The number of hydrogen-bond donors (Lipinski definition) is 2. The van der Waals surface area contributed by atoms with E-state index in [1.165, 1.54) is 7.11 Å². The highest BCUT2D eigenvalue weighted by atomic mass is 35.5. The van der Waals surface area contributed by atoms with E-state index in [2.05, 4.69) is 17.0 Å². The van der Waals surface area contributed by atoms with Crippen LogP contribution in [0.2, 0.25) is 0 Å². The number of nitrogens with one attached hydrogen (secondary N) is 1. The summed E-state index contributed by atoms with van der Waals surface area (Å²) in [5.41, 5.74) is 0. The van der Waals surface area contributed by atoms with Gasteiger partial charge in [0.2, 0.25) is 0 Å². The van der Waals surface area contributed by atoms with Crippen molar-refractivity contribution >= 4 is 23.7 Å². The summed E-state index contributed by atoms with van der Waals surface area (Å²) in [5, 5.41) is 12.8. The van der Waals surface area contributed by atoms with Gasteiger partial charge in [-0.2, -0.15) is 0 Å². The van der Waals surface area contributed by atoms with Gasteiger partial charge >= 0.3 is 12.1 Å². The van der Waals surface area contributed by atoms with Crippen molar-refractivity contribution in [3.8, 4) is 0 Å². The van der Waals surface area contributed by atoms with E-state index in [1.54, 1.807) is 0 Å². The van der Waals surface area contributed by atoms with E-state index >= 15 is 0 Å². The van der Waals surface area contributed by atoms with E-state index in [0.717, 1.165) is 32.1 Å². The second kappa shape index (κ2) is 13.0. The fourth-order valence-electron chi connectivity index (χ4n) is 3.12. The van der Waals surface area contributed by atoms with Gasteiger partial charge in [-0.1, -0.05) is 25.5 Å². The van der Waals surface area contributed by atoms with Gasteiger partial charge in [0.1, 0.15) is 0 Å². The lowest BCUT2D eigenvalue weighted by Gasteiger charge is -2.22. The van der Waals surface area contributed by atoms with Crippen molar-refractivity contribution in [3.05, 3.63) is 12.2 Å². The van der Waals surface area contributed by atoms with Crippen LogP contribution in [0.4, 0.5) is 4.79 Å². The van der Waals surface area contributed by atoms with Crippen molar-refractivity contribution in [3.63, 3.8) is 0 Å². The van der Waals surface area contributed by atoms with Crippen LogP contribution in [0.15, 0.2) is 12.2 Å². The van der Waals surface area contributed by atoms with Crippen LogP contribution in [0.5, 0.6) is 0 Å². The Labute approximate surface area is 161 Å². The lowest BCUT2D eigenvalue weighted by atomic mass is 9.92. The van der Waals surface area contributed by atoms with Gasteiger partial charge in [-0.25, -0.2) is 4.79 Å². The summed E-state index contributed by atoms with van der Waals surface area (Å²) >= 11 is 6.37. The topological polar surface area (TPSA) is 84.9 Å². The standard InChI is InChI=1S/C19H32ClNO5/c1-3-4-11-21-19(24)26-13-15-14(16(20)12-17(15)22)9-7-5-6-8-10-18(23)25-2/h5,7,14-17,22H,3-4,6,8-13H2,1-2H3,(H,21,24)/t14-,15-,16-,17-/m1/s1. The highest BCUT2D eigenvalue weighted by Gasteiger charge is 2.41. The van der Waals surface area contributed by atoms with Crippen molar-refractivity contribution in [2.45, 2.75) is 63.4 Å². The summed E-state index contributed by atoms with van der Waals surface area (Å²) in [6, 6.07) is 0. The zero-order valence-corrected chi connectivity index (χ0v) is 16.5. The SMILES string of the molecule is CCCCNC(=O)OC[C@@H]1[C@@H](CC=CCCCC(=O)OC)[C@H](Cl)C[C@H]1O. The third-order valence-electron chi connectivity index (χ3n) is 4.74. The maximum Gasteiger partial charge on any atom is 0.407 e. The molecule has 6 nitrogen and oxygen atoms in total. The molecule has 0 aromatic carbocycles. The first-order valence-corrected chi connectivity index (χ1v) is 9.87. The van der Waals surface area contributed by atoms with Crippen LogP contribution < -0.4 is 5.32 Å². The van der Waals surface area contributed by atoms with Crippen molar-refractivity contribution in [2.75, 3.05) is 20.3 Å². The molecule has 1 aliphatic rings. The molecule has 0 saturated heterocycles. The van der Waals surface area contributed by atoms with Gasteiger partial charge in [0.25, 0.3) is 0 Å². The van der Waals surface area contributed by atoms with E-state index in [9.17, 15) is 14.7 Å². The molecule has 1 rings (SSSR count). The first-order chi connectivity index (χ1) is 12.5. The number of rotatable bonds is 11. The number of unbranched alkanes of at least 4 members (excludes halogenated alkanes) is 2. The molecular weight excluding hydrogens is 358 g/mol.